The van der Waals surface area contributed by atoms with E-state index in [-0.39, 0.29) is 11.9 Å². The van der Waals surface area contributed by atoms with Gasteiger partial charge < -0.3 is 9.47 Å². The molecule has 0 bridgehead atoms. The van der Waals surface area contributed by atoms with Crippen molar-refractivity contribution in [3.8, 4) is 0 Å². The van der Waals surface area contributed by atoms with Crippen molar-refractivity contribution in [1.82, 2.24) is 14.5 Å². The van der Waals surface area contributed by atoms with Gasteiger partial charge in [-0.2, -0.15) is 0 Å². The topological polar surface area (TPSA) is 38.1 Å². The summed E-state index contributed by atoms with van der Waals surface area (Å²) in [6, 6.07) is 8.37. The van der Waals surface area contributed by atoms with Crippen LogP contribution >= 0.6 is 11.8 Å². The van der Waals surface area contributed by atoms with E-state index < -0.39 is 0 Å². The molecule has 1 saturated heterocycles. The molecule has 0 saturated carbocycles. The molecule has 1 fully saturated rings. The summed E-state index contributed by atoms with van der Waals surface area (Å²) in [6.45, 7) is 10.1. The Hall–Kier alpha value is -1.75. The zero-order valence-electron chi connectivity index (χ0n) is 16.2. The Morgan fingerprint density at radius 2 is 1.88 bits per heavy atom. The van der Waals surface area contributed by atoms with Crippen molar-refractivity contribution >= 4 is 17.7 Å². The molecule has 26 heavy (non-hydrogen) atoms. The molecule has 0 aliphatic carbocycles. The monoisotopic (exact) mass is 371 g/mol. The van der Waals surface area contributed by atoms with Crippen molar-refractivity contribution in [1.29, 1.82) is 0 Å². The lowest BCUT2D eigenvalue weighted by molar-refractivity contribution is -0.135. The summed E-state index contributed by atoms with van der Waals surface area (Å²) in [5.41, 5.74) is 1.34. The summed E-state index contributed by atoms with van der Waals surface area (Å²) in [5.74, 6) is 1.51. The van der Waals surface area contributed by atoms with Gasteiger partial charge in [-0.1, -0.05) is 32.0 Å². The highest BCUT2D eigenvalue weighted by Gasteiger charge is 2.28. The van der Waals surface area contributed by atoms with Crippen LogP contribution in [-0.4, -0.2) is 38.7 Å². The average Bonchev–Trinajstić information content (AvgIpc) is 3.13. The average molecular weight is 372 g/mol. The van der Waals surface area contributed by atoms with Crippen molar-refractivity contribution in [3.05, 3.63) is 48.0 Å². The molecule has 2 heterocycles. The molecule has 3 rings (SSSR count). The Balaban J connectivity index is 1.58. The zero-order chi connectivity index (χ0) is 18.7. The first-order valence-electron chi connectivity index (χ1n) is 9.51. The number of rotatable bonds is 5. The van der Waals surface area contributed by atoms with Crippen LogP contribution in [0.4, 0.5) is 0 Å². The van der Waals surface area contributed by atoms with Gasteiger partial charge in [-0.3, -0.25) is 4.79 Å². The summed E-state index contributed by atoms with van der Waals surface area (Å²) in [6.07, 6.45) is 5.83. The minimum atomic E-state index is -0.185. The number of likely N-dealkylation sites (tertiary alicyclic amines) is 1. The van der Waals surface area contributed by atoms with Gasteiger partial charge in [0.05, 0.1) is 0 Å². The molecule has 1 amide bonds. The second-order valence-corrected chi connectivity index (χ2v) is 8.77. The van der Waals surface area contributed by atoms with Gasteiger partial charge in [0.1, 0.15) is 11.9 Å². The van der Waals surface area contributed by atoms with E-state index in [1.165, 1.54) is 10.5 Å². The zero-order valence-corrected chi connectivity index (χ0v) is 17.0. The van der Waals surface area contributed by atoms with Crippen molar-refractivity contribution in [2.24, 2.45) is 0 Å². The van der Waals surface area contributed by atoms with Crippen LogP contribution in [-0.2, 0) is 4.79 Å². The highest BCUT2D eigenvalue weighted by atomic mass is 32.2. The van der Waals surface area contributed by atoms with Crippen LogP contribution in [0.1, 0.15) is 57.0 Å². The Labute approximate surface area is 161 Å². The molecule has 1 aliphatic rings. The number of carbonyl (C=O) groups excluding carboxylic acids is 1. The van der Waals surface area contributed by atoms with E-state index in [1.54, 1.807) is 6.20 Å². The second-order valence-electron chi connectivity index (χ2n) is 7.43. The number of benzene rings is 1. The maximum atomic E-state index is 13.0. The number of aromatic nitrogens is 2. The minimum absolute atomic E-state index is 0.185. The molecular weight excluding hydrogens is 342 g/mol. The van der Waals surface area contributed by atoms with E-state index in [0.29, 0.717) is 11.2 Å². The van der Waals surface area contributed by atoms with E-state index in [0.717, 1.165) is 31.8 Å². The summed E-state index contributed by atoms with van der Waals surface area (Å²) in [5, 5.41) is 0.593. The predicted octanol–water partition coefficient (Wildman–Crippen LogP) is 4.66. The smallest absolute Gasteiger partial charge is 0.245 e. The molecule has 1 aromatic heterocycles. The molecule has 0 radical (unpaired) electrons. The number of hydrogen-bond acceptors (Lipinski definition) is 3. The number of aryl methyl sites for hydroxylation is 1. The Kier molecular flexibility index (Phi) is 6.07. The van der Waals surface area contributed by atoms with Crippen LogP contribution in [0.5, 0.6) is 0 Å². The largest absolute Gasteiger partial charge is 0.341 e. The molecule has 2 aromatic rings. The quantitative estimate of drug-likeness (QED) is 0.767. The molecular formula is C21H29N3OS. The lowest BCUT2D eigenvalue weighted by atomic mass is 10.1. The van der Waals surface area contributed by atoms with Crippen molar-refractivity contribution in [3.63, 3.8) is 0 Å². The van der Waals surface area contributed by atoms with Gasteiger partial charge >= 0.3 is 0 Å². The second kappa shape index (κ2) is 8.30. The fourth-order valence-electron chi connectivity index (χ4n) is 3.54. The van der Waals surface area contributed by atoms with Gasteiger partial charge in [-0.25, -0.2) is 4.98 Å². The van der Waals surface area contributed by atoms with E-state index >= 15 is 0 Å². The molecule has 140 valence electrons. The first kappa shape index (κ1) is 19.0. The van der Waals surface area contributed by atoms with Crippen LogP contribution in [0.2, 0.25) is 0 Å². The third kappa shape index (κ3) is 4.14. The van der Waals surface area contributed by atoms with E-state index in [9.17, 15) is 4.79 Å². The van der Waals surface area contributed by atoms with Crippen LogP contribution in [0.25, 0.3) is 0 Å². The van der Waals surface area contributed by atoms with Crippen molar-refractivity contribution in [2.75, 3.05) is 13.1 Å². The molecule has 4 nitrogen and oxygen atoms in total. The Morgan fingerprint density at radius 1 is 1.19 bits per heavy atom. The number of thioether (sulfide) groups is 1. The molecule has 0 N–H and O–H groups in total. The number of nitrogens with zero attached hydrogens (tertiary/aromatic N) is 3. The number of imidazole rings is 1. The highest BCUT2D eigenvalue weighted by Crippen LogP contribution is 2.32. The van der Waals surface area contributed by atoms with Crippen LogP contribution in [0.3, 0.4) is 0 Å². The summed E-state index contributed by atoms with van der Waals surface area (Å²) in [4.78, 5) is 20.8. The summed E-state index contributed by atoms with van der Waals surface area (Å²) >= 11 is 1.96. The Bertz CT molecular complexity index is 747. The van der Waals surface area contributed by atoms with Gasteiger partial charge in [0.15, 0.2) is 0 Å². The SMILES string of the molecule is Cc1ccccc1SC1CCN(C(=O)[C@@H](C)n2ccnc2C(C)C)CC1. The van der Waals surface area contributed by atoms with E-state index in [1.807, 2.05) is 34.3 Å². The fraction of sp³-hybridized carbons (Fsp3) is 0.524. The number of hydrogen-bond donors (Lipinski definition) is 0. The minimum Gasteiger partial charge on any atom is -0.341 e. The predicted molar refractivity (Wildman–Crippen MR) is 108 cm³/mol. The number of piperidine rings is 1. The Morgan fingerprint density at radius 3 is 2.54 bits per heavy atom. The standard InChI is InChI=1S/C21H29N3OS/c1-15(2)20-22-11-14-24(20)17(4)21(25)23-12-9-18(10-13-23)26-19-8-6-5-7-16(19)3/h5-8,11,14-15,17-18H,9-10,12-13H2,1-4H3/t17-/m1/s1. The first-order chi connectivity index (χ1) is 12.5. The van der Waals surface area contributed by atoms with Crippen molar-refractivity contribution in [2.45, 2.75) is 62.6 Å². The molecule has 1 aromatic carbocycles. The normalized spacial score (nSPS) is 16.9. The fourth-order valence-corrected chi connectivity index (χ4v) is 4.76. The lowest BCUT2D eigenvalue weighted by Crippen LogP contribution is -2.42. The van der Waals surface area contributed by atoms with Gasteiger partial charge in [-0.05, 0) is 38.3 Å². The van der Waals surface area contributed by atoms with Crippen LogP contribution in [0.15, 0.2) is 41.6 Å². The van der Waals surface area contributed by atoms with Crippen molar-refractivity contribution < 1.29 is 4.79 Å². The van der Waals surface area contributed by atoms with E-state index in [2.05, 4.69) is 50.0 Å². The van der Waals surface area contributed by atoms with Crippen LogP contribution < -0.4 is 0 Å². The van der Waals surface area contributed by atoms with Gasteiger partial charge in [0.2, 0.25) is 5.91 Å². The third-order valence-corrected chi connectivity index (χ3v) is 6.65. The lowest BCUT2D eigenvalue weighted by Gasteiger charge is -2.34. The highest BCUT2D eigenvalue weighted by molar-refractivity contribution is 8.00. The van der Waals surface area contributed by atoms with Gasteiger partial charge in [0.25, 0.3) is 0 Å². The molecule has 1 aliphatic heterocycles. The molecule has 0 unspecified atom stereocenters. The van der Waals surface area contributed by atoms with Gasteiger partial charge in [0, 0.05) is 41.5 Å². The maximum Gasteiger partial charge on any atom is 0.245 e. The number of amides is 1. The summed E-state index contributed by atoms with van der Waals surface area (Å²) < 4.78 is 2.03. The molecule has 1 atom stereocenters. The molecule has 0 spiro atoms. The summed E-state index contributed by atoms with van der Waals surface area (Å²) in [7, 11) is 0. The first-order valence-corrected chi connectivity index (χ1v) is 10.4. The maximum absolute atomic E-state index is 13.0. The molecule has 5 heteroatoms. The van der Waals surface area contributed by atoms with Gasteiger partial charge in [-0.15, -0.1) is 11.8 Å². The van der Waals surface area contributed by atoms with Crippen LogP contribution in [0, 0.1) is 6.92 Å². The third-order valence-electron chi connectivity index (χ3n) is 5.13. The number of carbonyl (C=O) groups is 1. The van der Waals surface area contributed by atoms with E-state index in [4.69, 9.17) is 0 Å².